The van der Waals surface area contributed by atoms with E-state index in [1.54, 1.807) is 44.6 Å². The van der Waals surface area contributed by atoms with E-state index in [2.05, 4.69) is 4.98 Å². The first kappa shape index (κ1) is 12.8. The third-order valence-corrected chi connectivity index (χ3v) is 2.48. The van der Waals surface area contributed by atoms with E-state index in [1.165, 1.54) is 0 Å². The van der Waals surface area contributed by atoms with Gasteiger partial charge in [-0.25, -0.2) is 0 Å². The Balaban J connectivity index is 2.29. The van der Waals surface area contributed by atoms with Gasteiger partial charge in [0.15, 0.2) is 5.82 Å². The second-order valence-corrected chi connectivity index (χ2v) is 3.77. The molecule has 0 saturated heterocycles. The summed E-state index contributed by atoms with van der Waals surface area (Å²) in [6.45, 7) is 0. The van der Waals surface area contributed by atoms with Gasteiger partial charge < -0.3 is 25.7 Å². The van der Waals surface area contributed by atoms with Crippen molar-refractivity contribution in [1.82, 2.24) is 4.98 Å². The molecule has 19 heavy (non-hydrogen) atoms. The highest BCUT2D eigenvalue weighted by Gasteiger charge is 2.06. The Hall–Kier alpha value is -2.63. The van der Waals surface area contributed by atoms with Crippen LogP contribution in [0.15, 0.2) is 30.3 Å². The molecule has 0 amide bonds. The van der Waals surface area contributed by atoms with Crippen LogP contribution in [0.2, 0.25) is 0 Å². The molecule has 1 aromatic carbocycles. The molecule has 0 saturated carbocycles. The van der Waals surface area contributed by atoms with Crippen molar-refractivity contribution in [3.63, 3.8) is 0 Å². The van der Waals surface area contributed by atoms with Crippen LogP contribution in [0.25, 0.3) is 0 Å². The summed E-state index contributed by atoms with van der Waals surface area (Å²) in [6, 6.07) is 8.46. The molecule has 6 nitrogen and oxygen atoms in total. The fraction of sp³-hybridized carbons (Fsp3) is 0.154. The van der Waals surface area contributed by atoms with E-state index in [-0.39, 0.29) is 5.82 Å². The second-order valence-electron chi connectivity index (χ2n) is 3.77. The smallest absolute Gasteiger partial charge is 0.221 e. The van der Waals surface area contributed by atoms with Gasteiger partial charge in [-0.1, -0.05) is 0 Å². The van der Waals surface area contributed by atoms with Gasteiger partial charge in [-0.3, -0.25) is 0 Å². The largest absolute Gasteiger partial charge is 0.496 e. The van der Waals surface area contributed by atoms with E-state index >= 15 is 0 Å². The molecule has 100 valence electrons. The molecule has 0 bridgehead atoms. The quantitative estimate of drug-likeness (QED) is 0.875. The minimum atomic E-state index is 0.229. The lowest BCUT2D eigenvalue weighted by molar-refractivity contribution is 0.385. The Labute approximate surface area is 110 Å². The summed E-state index contributed by atoms with van der Waals surface area (Å²) in [6.07, 6.45) is 0. The number of nitrogen functional groups attached to an aromatic ring is 2. The Morgan fingerprint density at radius 3 is 2.00 bits per heavy atom. The van der Waals surface area contributed by atoms with Crippen LogP contribution < -0.4 is 25.7 Å². The zero-order valence-corrected chi connectivity index (χ0v) is 10.7. The Morgan fingerprint density at radius 1 is 0.895 bits per heavy atom. The standard InChI is InChI=1S/C13H15N3O3/c1-17-8-5-9(18-2)7-10(6-8)19-12-4-3-11(14)13(15)16-12/h3-7H,14H2,1-2H3,(H2,15,16). The zero-order chi connectivity index (χ0) is 13.8. The molecule has 0 fully saturated rings. The minimum Gasteiger partial charge on any atom is -0.496 e. The van der Waals surface area contributed by atoms with E-state index < -0.39 is 0 Å². The van der Waals surface area contributed by atoms with Crippen molar-refractivity contribution in [2.45, 2.75) is 0 Å². The van der Waals surface area contributed by atoms with Gasteiger partial charge in [0, 0.05) is 24.3 Å². The van der Waals surface area contributed by atoms with Gasteiger partial charge in [0.2, 0.25) is 5.88 Å². The molecule has 0 radical (unpaired) electrons. The van der Waals surface area contributed by atoms with Crippen LogP contribution >= 0.6 is 0 Å². The number of aromatic nitrogens is 1. The Morgan fingerprint density at radius 2 is 1.47 bits per heavy atom. The second kappa shape index (κ2) is 5.34. The van der Waals surface area contributed by atoms with Gasteiger partial charge in [0.1, 0.15) is 17.2 Å². The summed E-state index contributed by atoms with van der Waals surface area (Å²) >= 11 is 0. The molecular formula is C13H15N3O3. The lowest BCUT2D eigenvalue weighted by Crippen LogP contribution is -1.99. The van der Waals surface area contributed by atoms with Crippen LogP contribution in [0.1, 0.15) is 0 Å². The number of ether oxygens (including phenoxy) is 3. The molecule has 0 aliphatic rings. The van der Waals surface area contributed by atoms with Crippen LogP contribution in [-0.2, 0) is 0 Å². The maximum atomic E-state index is 5.62. The fourth-order valence-corrected chi connectivity index (χ4v) is 1.48. The molecule has 4 N–H and O–H groups in total. The van der Waals surface area contributed by atoms with Crippen LogP contribution in [0, 0.1) is 0 Å². The molecule has 2 aromatic rings. The topological polar surface area (TPSA) is 92.6 Å². The number of nitrogens with zero attached hydrogens (tertiary/aromatic N) is 1. The first-order valence-electron chi connectivity index (χ1n) is 5.55. The van der Waals surface area contributed by atoms with Crippen molar-refractivity contribution in [1.29, 1.82) is 0 Å². The van der Waals surface area contributed by atoms with Crippen LogP contribution in [0.5, 0.6) is 23.1 Å². The lowest BCUT2D eigenvalue weighted by atomic mass is 10.3. The summed E-state index contributed by atoms with van der Waals surface area (Å²) in [5.41, 5.74) is 11.6. The van der Waals surface area contributed by atoms with E-state index in [0.29, 0.717) is 28.8 Å². The van der Waals surface area contributed by atoms with Crippen molar-refractivity contribution in [3.05, 3.63) is 30.3 Å². The highest BCUT2D eigenvalue weighted by molar-refractivity contribution is 5.59. The van der Waals surface area contributed by atoms with E-state index in [4.69, 9.17) is 25.7 Å². The van der Waals surface area contributed by atoms with Crippen molar-refractivity contribution in [2.75, 3.05) is 25.7 Å². The molecular weight excluding hydrogens is 246 g/mol. The van der Waals surface area contributed by atoms with Gasteiger partial charge >= 0.3 is 0 Å². The van der Waals surface area contributed by atoms with Crippen LogP contribution in [0.3, 0.4) is 0 Å². The predicted molar refractivity (Wildman–Crippen MR) is 72.7 cm³/mol. The summed E-state index contributed by atoms with van der Waals surface area (Å²) in [5, 5.41) is 0. The Bertz CT molecular complexity index is 565. The molecule has 0 spiro atoms. The van der Waals surface area contributed by atoms with Crippen LogP contribution in [-0.4, -0.2) is 19.2 Å². The monoisotopic (exact) mass is 261 g/mol. The first-order valence-corrected chi connectivity index (χ1v) is 5.55. The summed E-state index contributed by atoms with van der Waals surface area (Å²) < 4.78 is 15.9. The van der Waals surface area contributed by atoms with Crippen molar-refractivity contribution in [3.8, 4) is 23.1 Å². The number of anilines is 2. The number of pyridine rings is 1. The maximum Gasteiger partial charge on any atom is 0.221 e. The van der Waals surface area contributed by atoms with E-state index in [0.717, 1.165) is 0 Å². The number of hydrogen-bond donors (Lipinski definition) is 2. The first-order chi connectivity index (χ1) is 9.12. The van der Waals surface area contributed by atoms with Gasteiger partial charge in [-0.05, 0) is 6.07 Å². The molecule has 0 atom stereocenters. The zero-order valence-electron chi connectivity index (χ0n) is 10.7. The SMILES string of the molecule is COc1cc(OC)cc(Oc2ccc(N)c(N)n2)c1. The molecule has 0 aliphatic carbocycles. The number of hydrogen-bond acceptors (Lipinski definition) is 6. The molecule has 6 heteroatoms. The Kier molecular flexibility index (Phi) is 3.61. The third-order valence-electron chi connectivity index (χ3n) is 2.48. The van der Waals surface area contributed by atoms with Gasteiger partial charge in [0.05, 0.1) is 19.9 Å². The molecule has 0 aliphatic heterocycles. The highest BCUT2D eigenvalue weighted by atomic mass is 16.5. The average Bonchev–Trinajstić information content (AvgIpc) is 2.42. The van der Waals surface area contributed by atoms with Gasteiger partial charge in [0.25, 0.3) is 0 Å². The average molecular weight is 261 g/mol. The highest BCUT2D eigenvalue weighted by Crippen LogP contribution is 2.30. The summed E-state index contributed by atoms with van der Waals surface area (Å²) in [5.74, 6) is 2.36. The summed E-state index contributed by atoms with van der Waals surface area (Å²) in [4.78, 5) is 4.03. The van der Waals surface area contributed by atoms with Crippen molar-refractivity contribution in [2.24, 2.45) is 0 Å². The van der Waals surface area contributed by atoms with E-state index in [1.807, 2.05) is 0 Å². The van der Waals surface area contributed by atoms with E-state index in [9.17, 15) is 0 Å². The van der Waals surface area contributed by atoms with Crippen molar-refractivity contribution < 1.29 is 14.2 Å². The molecule has 1 heterocycles. The normalized spacial score (nSPS) is 10.0. The molecule has 2 rings (SSSR count). The number of nitrogens with two attached hydrogens (primary N) is 2. The van der Waals surface area contributed by atoms with Gasteiger partial charge in [-0.15, -0.1) is 0 Å². The van der Waals surface area contributed by atoms with Gasteiger partial charge in [-0.2, -0.15) is 4.98 Å². The molecule has 0 unspecified atom stereocenters. The number of rotatable bonds is 4. The maximum absolute atomic E-state index is 5.62. The van der Waals surface area contributed by atoms with Crippen LogP contribution in [0.4, 0.5) is 11.5 Å². The predicted octanol–water partition coefficient (Wildman–Crippen LogP) is 2.06. The van der Waals surface area contributed by atoms with Crippen molar-refractivity contribution >= 4 is 11.5 Å². The lowest BCUT2D eigenvalue weighted by Gasteiger charge is -2.10. The third kappa shape index (κ3) is 2.98. The number of benzene rings is 1. The summed E-state index contributed by atoms with van der Waals surface area (Å²) in [7, 11) is 3.13. The minimum absolute atomic E-state index is 0.229. The fourth-order valence-electron chi connectivity index (χ4n) is 1.48. The molecule has 1 aromatic heterocycles. The number of methoxy groups -OCH3 is 2.